The number of hydrogen-bond donors (Lipinski definition) is 3. The molecule has 3 N–H and O–H groups in total. The van der Waals surface area contributed by atoms with E-state index in [0.717, 1.165) is 34.4 Å². The van der Waals surface area contributed by atoms with E-state index in [9.17, 15) is 4.79 Å². The summed E-state index contributed by atoms with van der Waals surface area (Å²) in [5.74, 6) is 0.596. The number of ether oxygens (including phenoxy) is 1. The number of nitrogens with one attached hydrogen (secondary N) is 3. The Balaban J connectivity index is 1.55. The number of nitrogens with zero attached hydrogens (tertiary/aromatic N) is 1. The molecule has 1 aromatic carbocycles. The molecule has 1 aliphatic rings. The van der Waals surface area contributed by atoms with Crippen LogP contribution in [0.2, 0.25) is 0 Å². The van der Waals surface area contributed by atoms with Crippen LogP contribution < -0.4 is 15.4 Å². The van der Waals surface area contributed by atoms with E-state index in [1.807, 2.05) is 31.2 Å². The fraction of sp³-hybridized carbons (Fsp3) is 0.375. The second-order valence-corrected chi connectivity index (χ2v) is 6.47. The Hall–Kier alpha value is -1.86. The number of hydrogen-bond acceptors (Lipinski definition) is 4. The minimum atomic E-state index is -0.170. The summed E-state index contributed by atoms with van der Waals surface area (Å²) < 4.78 is 6.75. The third kappa shape index (κ3) is 3.92. The largest absolute Gasteiger partial charge is 0.489 e. The minimum absolute atomic E-state index is 0.138. The van der Waals surface area contributed by atoms with Crippen molar-refractivity contribution in [2.75, 3.05) is 13.1 Å². The quantitative estimate of drug-likeness (QED) is 0.743. The Morgan fingerprint density at radius 3 is 3.22 bits per heavy atom. The van der Waals surface area contributed by atoms with Gasteiger partial charge in [0.15, 0.2) is 5.69 Å². The number of amides is 1. The summed E-state index contributed by atoms with van der Waals surface area (Å²) in [4.78, 5) is 12.3. The van der Waals surface area contributed by atoms with Gasteiger partial charge in [0.1, 0.15) is 11.9 Å². The fourth-order valence-corrected chi connectivity index (χ4v) is 2.93. The normalized spacial score (nSPS) is 14.9. The average molecular weight is 379 g/mol. The molecule has 0 aliphatic carbocycles. The molecule has 1 atom stereocenters. The van der Waals surface area contributed by atoms with Gasteiger partial charge in [-0.05, 0) is 25.1 Å². The molecule has 1 aliphatic heterocycles. The zero-order valence-corrected chi connectivity index (χ0v) is 14.4. The molecule has 0 bridgehead atoms. The van der Waals surface area contributed by atoms with Crippen molar-refractivity contribution in [3.05, 3.63) is 45.7 Å². The van der Waals surface area contributed by atoms with Crippen LogP contribution in [0.5, 0.6) is 5.75 Å². The third-order valence-corrected chi connectivity index (χ3v) is 4.20. The highest BCUT2D eigenvalue weighted by Crippen LogP contribution is 2.19. The number of benzene rings is 1. The van der Waals surface area contributed by atoms with Crippen LogP contribution in [0.1, 0.15) is 28.7 Å². The molecular weight excluding hydrogens is 360 g/mol. The van der Waals surface area contributed by atoms with Gasteiger partial charge in [-0.25, -0.2) is 0 Å². The first-order valence-corrected chi connectivity index (χ1v) is 8.40. The maximum Gasteiger partial charge on any atom is 0.272 e. The van der Waals surface area contributed by atoms with Crippen molar-refractivity contribution in [1.29, 1.82) is 0 Å². The molecule has 1 amide bonds. The van der Waals surface area contributed by atoms with E-state index in [4.69, 9.17) is 4.74 Å². The summed E-state index contributed by atoms with van der Waals surface area (Å²) in [6, 6.07) is 7.63. The number of carbonyl (C=O) groups excluding carboxylic acids is 1. The number of rotatable bonds is 5. The smallest absolute Gasteiger partial charge is 0.272 e. The van der Waals surface area contributed by atoms with Crippen LogP contribution >= 0.6 is 15.9 Å². The second kappa shape index (κ2) is 7.14. The summed E-state index contributed by atoms with van der Waals surface area (Å²) in [6.07, 6.45) is 0.735. The van der Waals surface area contributed by atoms with E-state index in [0.29, 0.717) is 18.8 Å². The van der Waals surface area contributed by atoms with Crippen LogP contribution in [-0.4, -0.2) is 35.3 Å². The molecule has 2 heterocycles. The van der Waals surface area contributed by atoms with Gasteiger partial charge in [0.05, 0.1) is 6.54 Å². The number of aromatic amines is 1. The van der Waals surface area contributed by atoms with Crippen LogP contribution in [0.4, 0.5) is 0 Å². The second-order valence-electron chi connectivity index (χ2n) is 5.55. The Kier molecular flexibility index (Phi) is 4.97. The van der Waals surface area contributed by atoms with Gasteiger partial charge in [0.25, 0.3) is 5.91 Å². The van der Waals surface area contributed by atoms with Crippen LogP contribution in [-0.2, 0) is 13.0 Å². The van der Waals surface area contributed by atoms with Gasteiger partial charge in [-0.2, -0.15) is 5.10 Å². The molecule has 0 fully saturated rings. The molecular formula is C16H19BrN4O2. The molecule has 0 spiro atoms. The Bertz CT molecular complexity index is 701. The first-order chi connectivity index (χ1) is 11.1. The monoisotopic (exact) mass is 378 g/mol. The Morgan fingerprint density at radius 1 is 1.52 bits per heavy atom. The molecule has 2 aromatic rings. The zero-order valence-electron chi connectivity index (χ0n) is 12.9. The highest BCUT2D eigenvalue weighted by Gasteiger charge is 2.21. The van der Waals surface area contributed by atoms with Crippen molar-refractivity contribution < 1.29 is 9.53 Å². The van der Waals surface area contributed by atoms with Gasteiger partial charge in [-0.15, -0.1) is 0 Å². The van der Waals surface area contributed by atoms with Crippen molar-refractivity contribution in [3.8, 4) is 5.75 Å². The van der Waals surface area contributed by atoms with Gasteiger partial charge in [0, 0.05) is 35.2 Å². The molecule has 0 saturated heterocycles. The fourth-order valence-electron chi connectivity index (χ4n) is 2.55. The molecule has 7 heteroatoms. The first-order valence-electron chi connectivity index (χ1n) is 7.60. The Labute approximate surface area is 143 Å². The lowest BCUT2D eigenvalue weighted by Gasteiger charge is -2.16. The molecule has 1 aromatic heterocycles. The molecule has 122 valence electrons. The number of halogens is 1. The number of fused-ring (bicyclic) bond motifs is 1. The maximum atomic E-state index is 12.3. The number of carbonyl (C=O) groups is 1. The van der Waals surface area contributed by atoms with E-state index in [-0.39, 0.29) is 12.0 Å². The predicted molar refractivity (Wildman–Crippen MR) is 90.6 cm³/mol. The van der Waals surface area contributed by atoms with Gasteiger partial charge in [-0.3, -0.25) is 9.89 Å². The van der Waals surface area contributed by atoms with Crippen molar-refractivity contribution in [2.45, 2.75) is 26.0 Å². The third-order valence-electron chi connectivity index (χ3n) is 3.70. The number of H-pyrrole nitrogens is 1. The van der Waals surface area contributed by atoms with Crippen LogP contribution in [0.25, 0.3) is 0 Å². The van der Waals surface area contributed by atoms with Crippen LogP contribution in [0, 0.1) is 0 Å². The molecule has 0 saturated carbocycles. The summed E-state index contributed by atoms with van der Waals surface area (Å²) >= 11 is 3.41. The predicted octanol–water partition coefficient (Wildman–Crippen LogP) is 2.02. The van der Waals surface area contributed by atoms with Gasteiger partial charge >= 0.3 is 0 Å². The zero-order chi connectivity index (χ0) is 16.2. The molecule has 0 radical (unpaired) electrons. The molecule has 1 unspecified atom stereocenters. The van der Waals surface area contributed by atoms with E-state index in [1.165, 1.54) is 0 Å². The highest BCUT2D eigenvalue weighted by molar-refractivity contribution is 9.10. The lowest BCUT2D eigenvalue weighted by molar-refractivity contribution is 0.0926. The maximum absolute atomic E-state index is 12.3. The van der Waals surface area contributed by atoms with Gasteiger partial charge in [0.2, 0.25) is 0 Å². The summed E-state index contributed by atoms with van der Waals surface area (Å²) in [5.41, 5.74) is 2.49. The van der Waals surface area contributed by atoms with E-state index in [2.05, 4.69) is 36.8 Å². The minimum Gasteiger partial charge on any atom is -0.489 e. The van der Waals surface area contributed by atoms with Gasteiger partial charge < -0.3 is 15.4 Å². The van der Waals surface area contributed by atoms with Crippen molar-refractivity contribution in [3.63, 3.8) is 0 Å². The highest BCUT2D eigenvalue weighted by atomic mass is 79.9. The van der Waals surface area contributed by atoms with Crippen molar-refractivity contribution in [2.24, 2.45) is 0 Å². The lowest BCUT2D eigenvalue weighted by Crippen LogP contribution is -2.35. The van der Waals surface area contributed by atoms with E-state index < -0.39 is 0 Å². The molecule has 23 heavy (non-hydrogen) atoms. The van der Waals surface area contributed by atoms with Crippen LogP contribution in [0.15, 0.2) is 28.7 Å². The van der Waals surface area contributed by atoms with E-state index in [1.54, 1.807) is 0 Å². The first kappa shape index (κ1) is 16.0. The van der Waals surface area contributed by atoms with Gasteiger partial charge in [-0.1, -0.05) is 22.0 Å². The average Bonchev–Trinajstić information content (AvgIpc) is 2.97. The summed E-state index contributed by atoms with van der Waals surface area (Å²) in [5, 5.41) is 13.2. The SMILES string of the molecule is CC(CNC(=O)c1n[nH]c2c1CNCC2)Oc1cccc(Br)c1. The topological polar surface area (TPSA) is 79.0 Å². The van der Waals surface area contributed by atoms with E-state index >= 15 is 0 Å². The lowest BCUT2D eigenvalue weighted by atomic mass is 10.1. The standard InChI is InChI=1S/C16H19BrN4O2/c1-10(23-12-4-2-3-11(17)7-12)8-19-16(22)15-13-9-18-6-5-14(13)20-21-15/h2-4,7,10,18H,5-6,8-9H2,1H3,(H,19,22)(H,20,21). The van der Waals surface area contributed by atoms with Crippen molar-refractivity contribution >= 4 is 21.8 Å². The Morgan fingerprint density at radius 2 is 2.39 bits per heavy atom. The summed E-state index contributed by atoms with van der Waals surface area (Å²) in [6.45, 7) is 3.93. The molecule has 6 nitrogen and oxygen atoms in total. The summed E-state index contributed by atoms with van der Waals surface area (Å²) in [7, 11) is 0. The van der Waals surface area contributed by atoms with Crippen molar-refractivity contribution in [1.82, 2.24) is 20.8 Å². The number of aromatic nitrogens is 2. The van der Waals surface area contributed by atoms with Crippen LogP contribution in [0.3, 0.4) is 0 Å². The molecule has 3 rings (SSSR count).